The van der Waals surface area contributed by atoms with E-state index in [1.165, 1.54) is 0 Å². The van der Waals surface area contributed by atoms with Crippen LogP contribution in [0.3, 0.4) is 0 Å². The molecular weight excluding hydrogens is 202 g/mol. The Hall–Kier alpha value is -0.380. The highest BCUT2D eigenvalue weighted by molar-refractivity contribution is 4.98. The van der Waals surface area contributed by atoms with Gasteiger partial charge in [-0.2, -0.15) is 0 Å². The highest BCUT2D eigenvalue weighted by Crippen LogP contribution is 2.11. The van der Waals surface area contributed by atoms with E-state index in [1.54, 1.807) is 0 Å². The van der Waals surface area contributed by atoms with Crippen LogP contribution in [0.1, 0.15) is 33.6 Å². The largest absolute Gasteiger partial charge is 0.381 e. The maximum Gasteiger partial charge on any atom is 0.0690 e. The van der Waals surface area contributed by atoms with Crippen molar-refractivity contribution < 1.29 is 9.47 Å². The lowest BCUT2D eigenvalue weighted by molar-refractivity contribution is -0.0245. The molecule has 0 spiro atoms. The second kappa shape index (κ2) is 6.38. The van der Waals surface area contributed by atoms with Gasteiger partial charge in [-0.15, -0.1) is 0 Å². The Bertz CT molecular complexity index is 214. The molecule has 0 unspecified atom stereocenters. The Balaban J connectivity index is 2.09. The molecule has 0 aromatic rings. The van der Waals surface area contributed by atoms with Crippen LogP contribution in [0, 0.1) is 0 Å². The number of ether oxygens (including phenoxy) is 2. The van der Waals surface area contributed by atoms with Gasteiger partial charge in [0.2, 0.25) is 0 Å². The fourth-order valence-electron chi connectivity index (χ4n) is 1.52. The van der Waals surface area contributed by atoms with E-state index in [1.807, 2.05) is 0 Å². The van der Waals surface area contributed by atoms with Crippen molar-refractivity contribution in [3.63, 3.8) is 0 Å². The summed E-state index contributed by atoms with van der Waals surface area (Å²) in [4.78, 5) is 0. The molecule has 0 saturated carbocycles. The van der Waals surface area contributed by atoms with Crippen molar-refractivity contribution in [2.45, 2.75) is 45.3 Å². The molecule has 94 valence electrons. The molecule has 3 heteroatoms. The van der Waals surface area contributed by atoms with Gasteiger partial charge in [-0.3, -0.25) is 0 Å². The van der Waals surface area contributed by atoms with Crippen molar-refractivity contribution in [2.75, 3.05) is 26.4 Å². The van der Waals surface area contributed by atoms with E-state index in [2.05, 4.69) is 32.7 Å². The van der Waals surface area contributed by atoms with Gasteiger partial charge in [0.25, 0.3) is 0 Å². The lowest BCUT2D eigenvalue weighted by Crippen LogP contribution is -2.37. The van der Waals surface area contributed by atoms with Crippen LogP contribution in [0.2, 0.25) is 0 Å². The summed E-state index contributed by atoms with van der Waals surface area (Å²) in [5.74, 6) is 0. The summed E-state index contributed by atoms with van der Waals surface area (Å²) >= 11 is 0. The Labute approximate surface area is 99.2 Å². The quantitative estimate of drug-likeness (QED) is 0.730. The molecule has 0 amide bonds. The number of rotatable bonds is 5. The van der Waals surface area contributed by atoms with Crippen molar-refractivity contribution in [1.82, 2.24) is 5.32 Å². The minimum Gasteiger partial charge on any atom is -0.381 e. The number of hydrogen-bond donors (Lipinski definition) is 1. The van der Waals surface area contributed by atoms with Gasteiger partial charge in [0, 0.05) is 25.3 Å². The fourth-order valence-corrected chi connectivity index (χ4v) is 1.52. The minimum absolute atomic E-state index is 0.140. The molecule has 16 heavy (non-hydrogen) atoms. The number of hydrogen-bond acceptors (Lipinski definition) is 3. The van der Waals surface area contributed by atoms with Gasteiger partial charge in [-0.1, -0.05) is 6.58 Å². The maximum absolute atomic E-state index is 5.79. The van der Waals surface area contributed by atoms with E-state index in [9.17, 15) is 0 Å². The second-order valence-electron chi connectivity index (χ2n) is 5.48. The zero-order valence-electron chi connectivity index (χ0n) is 10.8. The first-order chi connectivity index (χ1) is 7.47. The average Bonchev–Trinajstić information content (AvgIpc) is 2.24. The lowest BCUT2D eigenvalue weighted by atomic mass is 10.1. The topological polar surface area (TPSA) is 30.5 Å². The van der Waals surface area contributed by atoms with E-state index in [4.69, 9.17) is 9.47 Å². The Morgan fingerprint density at radius 3 is 2.56 bits per heavy atom. The predicted octanol–water partition coefficient (Wildman–Crippen LogP) is 2.13. The summed E-state index contributed by atoms with van der Waals surface area (Å²) in [6.07, 6.45) is 2.39. The number of nitrogens with one attached hydrogen (secondary N) is 1. The molecule has 0 aromatic heterocycles. The van der Waals surface area contributed by atoms with Crippen molar-refractivity contribution >= 4 is 0 Å². The molecule has 1 rings (SSSR count). The van der Waals surface area contributed by atoms with E-state index in [0.717, 1.165) is 38.2 Å². The lowest BCUT2D eigenvalue weighted by Gasteiger charge is -2.24. The second-order valence-corrected chi connectivity index (χ2v) is 5.48. The molecule has 3 nitrogen and oxygen atoms in total. The molecule has 0 bridgehead atoms. The van der Waals surface area contributed by atoms with Crippen LogP contribution in [0.15, 0.2) is 12.2 Å². The van der Waals surface area contributed by atoms with E-state index in [-0.39, 0.29) is 5.54 Å². The first kappa shape index (κ1) is 13.7. The van der Waals surface area contributed by atoms with Crippen LogP contribution in [-0.4, -0.2) is 38.0 Å². The van der Waals surface area contributed by atoms with Gasteiger partial charge >= 0.3 is 0 Å². The minimum atomic E-state index is 0.140. The monoisotopic (exact) mass is 227 g/mol. The van der Waals surface area contributed by atoms with Gasteiger partial charge in [0.05, 0.1) is 12.7 Å². The smallest absolute Gasteiger partial charge is 0.0690 e. The van der Waals surface area contributed by atoms with Gasteiger partial charge < -0.3 is 14.8 Å². The van der Waals surface area contributed by atoms with Crippen molar-refractivity contribution in [3.05, 3.63) is 12.2 Å². The van der Waals surface area contributed by atoms with Gasteiger partial charge in [-0.05, 0) is 39.2 Å². The molecule has 1 fully saturated rings. The van der Waals surface area contributed by atoms with Crippen LogP contribution in [-0.2, 0) is 9.47 Å². The van der Waals surface area contributed by atoms with Crippen LogP contribution in [0.4, 0.5) is 0 Å². The zero-order valence-corrected chi connectivity index (χ0v) is 10.8. The van der Waals surface area contributed by atoms with Crippen molar-refractivity contribution in [3.8, 4) is 0 Å². The highest BCUT2D eigenvalue weighted by atomic mass is 16.5. The third-order valence-corrected chi connectivity index (χ3v) is 2.56. The maximum atomic E-state index is 5.79. The molecular formula is C13H25NO2. The average molecular weight is 227 g/mol. The fraction of sp³-hybridized carbons (Fsp3) is 0.846. The zero-order chi connectivity index (χ0) is 12.0. The Morgan fingerprint density at radius 1 is 1.38 bits per heavy atom. The SMILES string of the molecule is C=C(CNC(C)(C)C)COC1CCOCC1. The predicted molar refractivity (Wildman–Crippen MR) is 66.7 cm³/mol. The molecule has 0 aromatic carbocycles. The normalized spacial score (nSPS) is 18.7. The van der Waals surface area contributed by atoms with Gasteiger partial charge in [-0.25, -0.2) is 0 Å². The standard InChI is InChI=1S/C13H25NO2/c1-11(9-14-13(2,3)4)10-16-12-5-7-15-8-6-12/h12,14H,1,5-10H2,2-4H3. The van der Waals surface area contributed by atoms with Crippen molar-refractivity contribution in [1.29, 1.82) is 0 Å². The molecule has 0 radical (unpaired) electrons. The van der Waals surface area contributed by atoms with Crippen molar-refractivity contribution in [2.24, 2.45) is 0 Å². The van der Waals surface area contributed by atoms with Crippen LogP contribution < -0.4 is 5.32 Å². The van der Waals surface area contributed by atoms with Crippen LogP contribution in [0.5, 0.6) is 0 Å². The summed E-state index contributed by atoms with van der Waals surface area (Å²) < 4.78 is 11.1. The molecule has 1 aliphatic heterocycles. The molecule has 1 aliphatic rings. The first-order valence-corrected chi connectivity index (χ1v) is 6.08. The summed E-state index contributed by atoms with van der Waals surface area (Å²) in [6.45, 7) is 13.6. The van der Waals surface area contributed by atoms with Gasteiger partial charge in [0.1, 0.15) is 0 Å². The summed E-state index contributed by atoms with van der Waals surface area (Å²) in [5, 5.41) is 3.41. The van der Waals surface area contributed by atoms with E-state index >= 15 is 0 Å². The highest BCUT2D eigenvalue weighted by Gasteiger charge is 2.14. The van der Waals surface area contributed by atoms with E-state index in [0.29, 0.717) is 12.7 Å². The summed E-state index contributed by atoms with van der Waals surface area (Å²) in [6, 6.07) is 0. The first-order valence-electron chi connectivity index (χ1n) is 6.08. The molecule has 1 N–H and O–H groups in total. The van der Waals surface area contributed by atoms with Gasteiger partial charge in [0.15, 0.2) is 0 Å². The molecule has 1 saturated heterocycles. The van der Waals surface area contributed by atoms with Crippen LogP contribution >= 0.6 is 0 Å². The molecule has 1 heterocycles. The molecule has 0 aliphatic carbocycles. The third kappa shape index (κ3) is 6.26. The van der Waals surface area contributed by atoms with Crippen LogP contribution in [0.25, 0.3) is 0 Å². The van der Waals surface area contributed by atoms with E-state index < -0.39 is 0 Å². The summed E-state index contributed by atoms with van der Waals surface area (Å²) in [5.41, 5.74) is 1.25. The third-order valence-electron chi connectivity index (χ3n) is 2.56. The molecule has 0 atom stereocenters. The Morgan fingerprint density at radius 2 is 2.00 bits per heavy atom. The summed E-state index contributed by atoms with van der Waals surface area (Å²) in [7, 11) is 0. The Kier molecular flexibility index (Phi) is 5.46.